The number of hydrogen-bond donors (Lipinski definition) is 2. The molecule has 0 unspecified atom stereocenters. The lowest BCUT2D eigenvalue weighted by Crippen LogP contribution is -2.48. The van der Waals surface area contributed by atoms with Crippen molar-refractivity contribution in [2.45, 2.75) is 260 Å². The van der Waals surface area contributed by atoms with Crippen LogP contribution in [0.4, 0.5) is 0 Å². The van der Waals surface area contributed by atoms with Gasteiger partial charge in [-0.2, -0.15) is 0 Å². The summed E-state index contributed by atoms with van der Waals surface area (Å²) in [5, 5.41) is 21.3. The topological polar surface area (TPSA) is 94.5 Å². The van der Waals surface area contributed by atoms with Gasteiger partial charge in [-0.3, -0.25) is 0 Å². The molecular weight excluding hydrogens is 909 g/mol. The number of aliphatic hydroxyl groups is 1. The number of aliphatic carboxylic acids is 1. The largest absolute Gasteiger partial charge is 0.478 e. The fourth-order valence-electron chi connectivity index (χ4n) is 7.50. The Morgan fingerprint density at radius 1 is 0.559 bits per heavy atom. The van der Waals surface area contributed by atoms with Crippen molar-refractivity contribution in [2.75, 3.05) is 0 Å². The summed E-state index contributed by atoms with van der Waals surface area (Å²) in [4.78, 5) is 11.6. The molecular formula is C57H112O7Si4. The molecule has 0 aromatic carbocycles. The first-order valence-corrected chi connectivity index (χ1v) is 37.9. The van der Waals surface area contributed by atoms with E-state index in [0.717, 1.165) is 19.3 Å². The lowest BCUT2D eigenvalue weighted by atomic mass is 9.82. The number of allylic oxidation sites excluding steroid dienone is 4. The maximum absolute atomic E-state index is 11.6. The Bertz CT molecular complexity index is 1650. The molecule has 0 rings (SSSR count). The fraction of sp³-hybridized carbons (Fsp3) is 0.807. The predicted octanol–water partition coefficient (Wildman–Crippen LogP) is 17.2. The van der Waals surface area contributed by atoms with Crippen LogP contribution in [0.2, 0.25) is 72.5 Å². The minimum atomic E-state index is -2.24. The Kier molecular flexibility index (Phi) is 26.2. The van der Waals surface area contributed by atoms with E-state index in [-0.39, 0.29) is 74.2 Å². The third-order valence-corrected chi connectivity index (χ3v) is 34.8. The summed E-state index contributed by atoms with van der Waals surface area (Å²) < 4.78 is 29.3. The van der Waals surface area contributed by atoms with Crippen molar-refractivity contribution in [1.82, 2.24) is 0 Å². The zero-order valence-corrected chi connectivity index (χ0v) is 53.4. The highest BCUT2D eigenvalue weighted by Gasteiger charge is 2.45. The van der Waals surface area contributed by atoms with Gasteiger partial charge in [0.05, 0.1) is 30.5 Å². The molecule has 0 saturated carbocycles. The Labute approximate surface area is 426 Å². The average molecular weight is 1020 g/mol. The molecule has 0 bridgehead atoms. The molecule has 0 aliphatic rings. The van der Waals surface area contributed by atoms with Crippen LogP contribution in [0.1, 0.15) is 157 Å². The first-order valence-electron chi connectivity index (χ1n) is 26.3. The number of carboxylic acid groups (broad SMARTS) is 1. The van der Waals surface area contributed by atoms with E-state index in [9.17, 15) is 15.0 Å². The van der Waals surface area contributed by atoms with Gasteiger partial charge >= 0.3 is 5.97 Å². The van der Waals surface area contributed by atoms with Crippen LogP contribution < -0.4 is 0 Å². The standard InChI is InChI=1S/C57H112O7Si4/c1-29-30-32-43(4)51(58)47(8)49(62-66(23,24)55(12,13)14)38-35-41(2)39-46(7)52(64-68(27,28)57(18,19)20)44(5)36-37-48(61-65(21,22)54(9,10)11)40-50(63-67(25,26)56(15,16)17)42(3)33-31-34-45(6)53(59)60/h29-34,36-37,41-44,46-52,58H,1,35,38-40H2,2-28H3,(H,59,60)/t41-,42+,43-,44-,46-,47-,48+,49+,50-,51-,52-/m0/s1. The highest BCUT2D eigenvalue weighted by Crippen LogP contribution is 2.44. The van der Waals surface area contributed by atoms with Crippen LogP contribution in [0.3, 0.4) is 0 Å². The quantitative estimate of drug-likeness (QED) is 0.0349. The van der Waals surface area contributed by atoms with E-state index < -0.39 is 45.3 Å². The number of hydrogen-bond acceptors (Lipinski definition) is 6. The van der Waals surface area contributed by atoms with E-state index in [4.69, 9.17) is 17.7 Å². The molecule has 0 aromatic rings. The molecule has 0 aromatic heterocycles. The van der Waals surface area contributed by atoms with Crippen LogP contribution in [0.5, 0.6) is 0 Å². The maximum Gasteiger partial charge on any atom is 0.331 e. The van der Waals surface area contributed by atoms with Gasteiger partial charge in [0.15, 0.2) is 33.3 Å². The molecule has 0 radical (unpaired) electrons. The summed E-state index contributed by atoms with van der Waals surface area (Å²) in [5.74, 6) is -0.101. The highest BCUT2D eigenvalue weighted by atomic mass is 28.4. The van der Waals surface area contributed by atoms with Gasteiger partial charge in [-0.15, -0.1) is 0 Å². The molecule has 0 aliphatic carbocycles. The van der Waals surface area contributed by atoms with Gasteiger partial charge in [0, 0.05) is 23.8 Å². The van der Waals surface area contributed by atoms with Gasteiger partial charge in [0.25, 0.3) is 0 Å². The molecule has 0 aliphatic heterocycles. The lowest BCUT2D eigenvalue weighted by molar-refractivity contribution is -0.132. The van der Waals surface area contributed by atoms with E-state index >= 15 is 0 Å². The van der Waals surface area contributed by atoms with Gasteiger partial charge < -0.3 is 27.9 Å². The molecule has 7 nitrogen and oxygen atoms in total. The Morgan fingerprint density at radius 3 is 1.43 bits per heavy atom. The van der Waals surface area contributed by atoms with Crippen molar-refractivity contribution in [3.05, 3.63) is 60.8 Å². The van der Waals surface area contributed by atoms with Crippen LogP contribution >= 0.6 is 0 Å². The molecule has 0 heterocycles. The summed E-state index contributed by atoms with van der Waals surface area (Å²) in [5.41, 5.74) is 0.303. The molecule has 0 amide bonds. The first-order chi connectivity index (χ1) is 30.4. The lowest BCUT2D eigenvalue weighted by Gasteiger charge is -2.44. The molecule has 398 valence electrons. The summed E-state index contributed by atoms with van der Waals surface area (Å²) in [6.45, 7) is 65.3. The zero-order valence-electron chi connectivity index (χ0n) is 49.4. The van der Waals surface area contributed by atoms with Crippen molar-refractivity contribution in [3.63, 3.8) is 0 Å². The number of rotatable bonds is 28. The smallest absolute Gasteiger partial charge is 0.331 e. The first kappa shape index (κ1) is 66.8. The average Bonchev–Trinajstić information content (AvgIpc) is 3.16. The zero-order chi connectivity index (χ0) is 53.8. The van der Waals surface area contributed by atoms with E-state index in [2.05, 4.69) is 202 Å². The molecule has 68 heavy (non-hydrogen) atoms. The molecule has 2 N–H and O–H groups in total. The second-order valence-corrected chi connectivity index (χ2v) is 46.2. The van der Waals surface area contributed by atoms with Gasteiger partial charge in [0.2, 0.25) is 0 Å². The summed E-state index contributed by atoms with van der Waals surface area (Å²) in [7, 11) is -8.76. The molecule has 0 spiro atoms. The normalized spacial score (nSPS) is 19.7. The molecule has 11 atom stereocenters. The van der Waals surface area contributed by atoms with E-state index in [0.29, 0.717) is 17.9 Å². The predicted molar refractivity (Wildman–Crippen MR) is 307 cm³/mol. The molecule has 0 fully saturated rings. The third kappa shape index (κ3) is 21.5. The Morgan fingerprint density at radius 2 is 0.985 bits per heavy atom. The van der Waals surface area contributed by atoms with Crippen LogP contribution in [0.25, 0.3) is 0 Å². The summed E-state index contributed by atoms with van der Waals surface area (Å²) in [6, 6.07) is 0. The Hall–Kier alpha value is -1.16. The van der Waals surface area contributed by atoms with Gasteiger partial charge in [-0.05, 0) is 122 Å². The fourth-order valence-corrected chi connectivity index (χ4v) is 13.1. The van der Waals surface area contributed by atoms with Crippen LogP contribution in [-0.4, -0.2) is 80.0 Å². The van der Waals surface area contributed by atoms with E-state index in [1.807, 2.05) is 18.2 Å². The van der Waals surface area contributed by atoms with E-state index in [1.165, 1.54) is 0 Å². The second-order valence-electron chi connectivity index (χ2n) is 27.2. The number of carboxylic acids is 1. The van der Waals surface area contributed by atoms with Gasteiger partial charge in [-0.25, -0.2) is 4.79 Å². The Balaban J connectivity index is 7.26. The SMILES string of the molecule is C=CC=C[C@H](C)[C@H](O)[C@@H](C)[C@@H](CC[C@H](C)C[C@H](C)[C@@H](O[Si](C)(C)C(C)(C)C)[C@@H](C)C=C[C@H](C[C@H](O[Si](C)(C)C(C)(C)C)[C@H](C)C=CC=C(C)C(=O)O)O[Si](C)(C)C(C)(C)C)O[Si](C)(C)C(C)(C)C. The minimum absolute atomic E-state index is 0.00558. The van der Waals surface area contributed by atoms with Gasteiger partial charge in [0.1, 0.15) is 0 Å². The minimum Gasteiger partial charge on any atom is -0.478 e. The molecule has 11 heteroatoms. The van der Waals surface area contributed by atoms with Crippen molar-refractivity contribution in [3.8, 4) is 0 Å². The second kappa shape index (κ2) is 26.7. The van der Waals surface area contributed by atoms with Crippen LogP contribution in [-0.2, 0) is 22.5 Å². The van der Waals surface area contributed by atoms with Crippen molar-refractivity contribution >= 4 is 39.2 Å². The van der Waals surface area contributed by atoms with Gasteiger partial charge in [-0.1, -0.05) is 180 Å². The number of aliphatic hydroxyl groups excluding tert-OH is 1. The van der Waals surface area contributed by atoms with Crippen molar-refractivity contribution < 1.29 is 32.7 Å². The van der Waals surface area contributed by atoms with E-state index in [1.54, 1.807) is 19.1 Å². The third-order valence-electron chi connectivity index (χ3n) is 16.8. The van der Waals surface area contributed by atoms with Crippen molar-refractivity contribution in [2.24, 2.45) is 35.5 Å². The maximum atomic E-state index is 11.6. The molecule has 0 saturated heterocycles. The van der Waals surface area contributed by atoms with Crippen molar-refractivity contribution in [1.29, 1.82) is 0 Å². The number of carbonyl (C=O) groups is 1. The summed E-state index contributed by atoms with van der Waals surface area (Å²) in [6.07, 6.45) is 18.8. The summed E-state index contributed by atoms with van der Waals surface area (Å²) >= 11 is 0. The van der Waals surface area contributed by atoms with Crippen LogP contribution in [0, 0.1) is 35.5 Å². The van der Waals surface area contributed by atoms with Crippen LogP contribution in [0.15, 0.2) is 60.8 Å². The monoisotopic (exact) mass is 1020 g/mol. The highest BCUT2D eigenvalue weighted by molar-refractivity contribution is 6.75.